The lowest BCUT2D eigenvalue weighted by Crippen LogP contribution is -2.20. The Kier molecular flexibility index (Phi) is 3.17. The Bertz CT molecular complexity index is 451. The van der Waals surface area contributed by atoms with Crippen molar-refractivity contribution in [1.29, 1.82) is 0 Å². The molecular weight excluding hydrogens is 235 g/mol. The van der Waals surface area contributed by atoms with Gasteiger partial charge in [-0.1, -0.05) is 0 Å². The lowest BCUT2D eigenvalue weighted by Gasteiger charge is -2.10. The van der Waals surface area contributed by atoms with Crippen molar-refractivity contribution in [2.24, 2.45) is 0 Å². The van der Waals surface area contributed by atoms with Crippen molar-refractivity contribution >= 4 is 17.6 Å². The molecule has 0 aliphatic carbocycles. The van der Waals surface area contributed by atoms with Crippen LogP contribution < -0.4 is 11.3 Å². The Morgan fingerprint density at radius 2 is 2.50 bits per heavy atom. The Hall–Kier alpha value is -1.05. The molecule has 1 aliphatic heterocycles. The second kappa shape index (κ2) is 4.44. The topological polar surface area (TPSA) is 88.3 Å². The van der Waals surface area contributed by atoms with Crippen LogP contribution >= 0.6 is 11.8 Å². The predicted molar refractivity (Wildman–Crippen MR) is 58.6 cm³/mol. The number of thioether (sulfide) groups is 1. The molecule has 88 valence electrons. The number of H-pyrrole nitrogens is 1. The van der Waals surface area contributed by atoms with E-state index in [4.69, 9.17) is 15.6 Å². The molecule has 16 heavy (non-hydrogen) atoms. The van der Waals surface area contributed by atoms with Crippen molar-refractivity contribution in [3.63, 3.8) is 0 Å². The Morgan fingerprint density at radius 3 is 3.12 bits per heavy atom. The van der Waals surface area contributed by atoms with Gasteiger partial charge in [0.25, 0.3) is 5.56 Å². The number of aromatic amines is 1. The minimum Gasteiger partial charge on any atom is -0.393 e. The number of nitrogens with two attached hydrogens (primary N) is 1. The molecule has 0 unspecified atom stereocenters. The van der Waals surface area contributed by atoms with Gasteiger partial charge in [-0.05, 0) is 6.07 Å². The minimum absolute atomic E-state index is 0.128. The van der Waals surface area contributed by atoms with E-state index in [0.717, 1.165) is 6.07 Å². The third-order valence-electron chi connectivity index (χ3n) is 2.30. The quantitative estimate of drug-likeness (QED) is 0.694. The van der Waals surface area contributed by atoms with Gasteiger partial charge in [-0.2, -0.15) is 0 Å². The molecule has 2 rings (SSSR count). The zero-order valence-electron chi connectivity index (χ0n) is 8.27. The second-order valence-electron chi connectivity index (χ2n) is 3.39. The normalized spacial score (nSPS) is 24.9. The Morgan fingerprint density at radius 1 is 1.75 bits per heavy atom. The lowest BCUT2D eigenvalue weighted by molar-refractivity contribution is 0.0336. The summed E-state index contributed by atoms with van der Waals surface area (Å²) >= 11 is 1.39. The molecular formula is C9H11FN2O3S. The van der Waals surface area contributed by atoms with Crippen LogP contribution in [0, 0.1) is 5.82 Å². The van der Waals surface area contributed by atoms with Gasteiger partial charge >= 0.3 is 0 Å². The largest absolute Gasteiger partial charge is 0.393 e. The van der Waals surface area contributed by atoms with Crippen LogP contribution in [0.2, 0.25) is 0 Å². The zero-order chi connectivity index (χ0) is 11.7. The van der Waals surface area contributed by atoms with E-state index >= 15 is 0 Å². The monoisotopic (exact) mass is 246 g/mol. The Labute approximate surface area is 94.8 Å². The molecule has 1 saturated heterocycles. The fourth-order valence-electron chi connectivity index (χ4n) is 1.49. The van der Waals surface area contributed by atoms with Gasteiger partial charge in [-0.3, -0.25) is 4.79 Å². The maximum Gasteiger partial charge on any atom is 0.255 e. The molecule has 0 bridgehead atoms. The highest BCUT2D eigenvalue weighted by molar-refractivity contribution is 8.00. The van der Waals surface area contributed by atoms with E-state index in [1.165, 1.54) is 11.8 Å². The molecule has 5 nitrogen and oxygen atoms in total. The lowest BCUT2D eigenvalue weighted by atomic mass is 10.2. The smallest absolute Gasteiger partial charge is 0.255 e. The summed E-state index contributed by atoms with van der Waals surface area (Å²) in [6.07, 6.45) is -0.499. The van der Waals surface area contributed by atoms with E-state index in [2.05, 4.69) is 4.98 Å². The van der Waals surface area contributed by atoms with Gasteiger partial charge in [0, 0.05) is 11.3 Å². The van der Waals surface area contributed by atoms with E-state index < -0.39 is 17.5 Å². The predicted octanol–water partition coefficient (Wildman–Crippen LogP) is 0.219. The molecule has 0 spiro atoms. The number of aliphatic hydroxyl groups excluding tert-OH is 1. The van der Waals surface area contributed by atoms with Crippen molar-refractivity contribution < 1.29 is 14.2 Å². The molecule has 0 radical (unpaired) electrons. The van der Waals surface area contributed by atoms with Gasteiger partial charge < -0.3 is 20.6 Å². The van der Waals surface area contributed by atoms with Gasteiger partial charge in [0.2, 0.25) is 0 Å². The summed E-state index contributed by atoms with van der Waals surface area (Å²) in [5.41, 5.74) is 4.62. The fraction of sp³-hybridized carbons (Fsp3) is 0.444. The van der Waals surface area contributed by atoms with Crippen molar-refractivity contribution in [1.82, 2.24) is 4.98 Å². The summed E-state index contributed by atoms with van der Waals surface area (Å²) in [5.74, 6) is -0.439. The summed E-state index contributed by atoms with van der Waals surface area (Å²) in [6.45, 7) is -0.128. The maximum atomic E-state index is 13.2. The molecule has 0 saturated carbocycles. The molecule has 1 fully saturated rings. The molecule has 0 amide bonds. The van der Waals surface area contributed by atoms with Gasteiger partial charge in [-0.25, -0.2) is 4.39 Å². The molecule has 2 atom stereocenters. The van der Waals surface area contributed by atoms with E-state index in [1.54, 1.807) is 0 Å². The van der Waals surface area contributed by atoms with Crippen LogP contribution in [-0.2, 0) is 4.74 Å². The number of rotatable bonds is 2. The van der Waals surface area contributed by atoms with Gasteiger partial charge in [0.1, 0.15) is 11.3 Å². The number of hydrogen-bond donors (Lipinski definition) is 3. The number of ether oxygens (including phenoxy) is 1. The minimum atomic E-state index is -0.671. The summed E-state index contributed by atoms with van der Waals surface area (Å²) in [7, 11) is 0. The van der Waals surface area contributed by atoms with Gasteiger partial charge in [0.05, 0.1) is 12.7 Å². The highest BCUT2D eigenvalue weighted by Gasteiger charge is 2.29. The van der Waals surface area contributed by atoms with Crippen molar-refractivity contribution in [2.75, 3.05) is 18.1 Å². The first-order valence-electron chi connectivity index (χ1n) is 4.68. The first kappa shape index (κ1) is 11.4. The highest BCUT2D eigenvalue weighted by atomic mass is 32.2. The van der Waals surface area contributed by atoms with E-state index in [1.807, 2.05) is 0 Å². The van der Waals surface area contributed by atoms with Crippen LogP contribution in [0.4, 0.5) is 10.2 Å². The van der Waals surface area contributed by atoms with Gasteiger partial charge in [0.15, 0.2) is 5.82 Å². The molecule has 4 N–H and O–H groups in total. The zero-order valence-corrected chi connectivity index (χ0v) is 9.09. The van der Waals surface area contributed by atoms with Crippen LogP contribution in [-0.4, -0.2) is 27.9 Å². The molecule has 1 aromatic rings. The van der Waals surface area contributed by atoms with Crippen molar-refractivity contribution in [2.45, 2.75) is 11.5 Å². The highest BCUT2D eigenvalue weighted by Crippen LogP contribution is 2.33. The molecule has 7 heteroatoms. The second-order valence-corrected chi connectivity index (χ2v) is 4.58. The number of pyridine rings is 1. The number of halogens is 1. The first-order valence-corrected chi connectivity index (χ1v) is 5.73. The van der Waals surface area contributed by atoms with Crippen LogP contribution in [0.25, 0.3) is 0 Å². The first-order chi connectivity index (χ1) is 7.61. The van der Waals surface area contributed by atoms with Crippen LogP contribution in [0.15, 0.2) is 10.9 Å². The maximum absolute atomic E-state index is 13.2. The number of nitrogen functional groups attached to an aromatic ring is 1. The number of aromatic nitrogens is 1. The summed E-state index contributed by atoms with van der Waals surface area (Å²) < 4.78 is 18.5. The summed E-state index contributed by atoms with van der Waals surface area (Å²) in [5, 5.41) is 8.87. The average Bonchev–Trinajstić information content (AvgIpc) is 2.71. The third kappa shape index (κ3) is 2.06. The standard InChI is InChI=1S/C9H11FN2O3S/c10-5-1-4(9(14)12-8(5)11)6-3-16-7(2-13)15-6/h1,6-7,13H,2-3H2,(H3,11,12,14)/t6-,7+/m0/s1. The summed E-state index contributed by atoms with van der Waals surface area (Å²) in [6, 6.07) is 1.08. The average molecular weight is 246 g/mol. The third-order valence-corrected chi connectivity index (χ3v) is 3.42. The molecule has 2 heterocycles. The van der Waals surface area contributed by atoms with Crippen LogP contribution in [0.1, 0.15) is 11.7 Å². The van der Waals surface area contributed by atoms with E-state index in [9.17, 15) is 9.18 Å². The van der Waals surface area contributed by atoms with Crippen LogP contribution in [0.3, 0.4) is 0 Å². The Balaban J connectivity index is 2.28. The summed E-state index contributed by atoms with van der Waals surface area (Å²) in [4.78, 5) is 13.7. The van der Waals surface area contributed by atoms with Crippen molar-refractivity contribution in [3.05, 3.63) is 27.8 Å². The molecule has 0 aromatic carbocycles. The SMILES string of the molecule is Nc1[nH]c(=O)c([C@@H]2CS[C@H](CO)O2)cc1F. The number of nitrogens with one attached hydrogen (secondary N) is 1. The number of hydrogen-bond acceptors (Lipinski definition) is 5. The van der Waals surface area contributed by atoms with E-state index in [-0.39, 0.29) is 23.4 Å². The molecule has 1 aromatic heterocycles. The van der Waals surface area contributed by atoms with Crippen molar-refractivity contribution in [3.8, 4) is 0 Å². The number of aliphatic hydroxyl groups is 1. The molecule has 1 aliphatic rings. The fourth-order valence-corrected chi connectivity index (χ4v) is 2.45. The number of anilines is 1. The van der Waals surface area contributed by atoms with Crippen LogP contribution in [0.5, 0.6) is 0 Å². The van der Waals surface area contributed by atoms with Gasteiger partial charge in [-0.15, -0.1) is 11.8 Å². The van der Waals surface area contributed by atoms with E-state index in [0.29, 0.717) is 5.75 Å².